The van der Waals surface area contributed by atoms with E-state index in [0.717, 1.165) is 37.2 Å². The quantitative estimate of drug-likeness (QED) is 0.887. The molecule has 2 aliphatic heterocycles. The number of likely N-dealkylation sites (tertiary alicyclic amines) is 1. The summed E-state index contributed by atoms with van der Waals surface area (Å²) in [5.74, 6) is -0.306. The molecule has 0 radical (unpaired) electrons. The molecule has 6 nitrogen and oxygen atoms in total. The van der Waals surface area contributed by atoms with Crippen LogP contribution in [0, 0.1) is 0 Å². The van der Waals surface area contributed by atoms with Gasteiger partial charge in [0.25, 0.3) is 5.91 Å². The number of nitrogens with one attached hydrogen (secondary N) is 1. The maximum Gasteiger partial charge on any atom is 0.251 e. The van der Waals surface area contributed by atoms with Gasteiger partial charge >= 0.3 is 0 Å². The fourth-order valence-electron chi connectivity index (χ4n) is 2.92. The van der Waals surface area contributed by atoms with Gasteiger partial charge in [-0.05, 0) is 30.5 Å². The molecule has 1 aromatic rings. The third kappa shape index (κ3) is 2.68. The highest BCUT2D eigenvalue weighted by Gasteiger charge is 2.25. The predicted molar refractivity (Wildman–Crippen MR) is 81.7 cm³/mol. The average Bonchev–Trinajstić information content (AvgIpc) is 3.14. The molecule has 6 heteroatoms. The van der Waals surface area contributed by atoms with Crippen molar-refractivity contribution in [3.63, 3.8) is 0 Å². The number of anilines is 1. The average molecular weight is 301 g/mol. The van der Waals surface area contributed by atoms with Crippen LogP contribution in [0.25, 0.3) is 0 Å². The van der Waals surface area contributed by atoms with Gasteiger partial charge in [0.15, 0.2) is 0 Å². The zero-order valence-electron chi connectivity index (χ0n) is 12.6. The van der Waals surface area contributed by atoms with Gasteiger partial charge in [-0.2, -0.15) is 0 Å². The van der Waals surface area contributed by atoms with Crippen LogP contribution in [0.2, 0.25) is 0 Å². The van der Waals surface area contributed by atoms with Crippen molar-refractivity contribution < 1.29 is 14.4 Å². The first-order valence-electron chi connectivity index (χ1n) is 7.52. The van der Waals surface area contributed by atoms with Gasteiger partial charge in [0, 0.05) is 31.4 Å². The number of hydrogen-bond acceptors (Lipinski definition) is 3. The Morgan fingerprint density at radius 3 is 2.68 bits per heavy atom. The zero-order chi connectivity index (χ0) is 15.7. The van der Waals surface area contributed by atoms with Gasteiger partial charge in [0.2, 0.25) is 11.8 Å². The van der Waals surface area contributed by atoms with E-state index in [-0.39, 0.29) is 24.3 Å². The lowest BCUT2D eigenvalue weighted by Gasteiger charge is -2.16. The van der Waals surface area contributed by atoms with Crippen LogP contribution in [0.3, 0.4) is 0 Å². The smallest absolute Gasteiger partial charge is 0.251 e. The fraction of sp³-hybridized carbons (Fsp3) is 0.438. The van der Waals surface area contributed by atoms with Crippen molar-refractivity contribution in [2.45, 2.75) is 19.3 Å². The van der Waals surface area contributed by atoms with Crippen molar-refractivity contribution in [1.82, 2.24) is 10.2 Å². The van der Waals surface area contributed by atoms with Gasteiger partial charge in [0.1, 0.15) is 0 Å². The monoisotopic (exact) mass is 301 g/mol. The Kier molecular flexibility index (Phi) is 3.83. The summed E-state index contributed by atoms with van der Waals surface area (Å²) in [5.41, 5.74) is 2.16. The third-order valence-electron chi connectivity index (χ3n) is 4.28. The molecular formula is C16H19N3O3. The second-order valence-corrected chi connectivity index (χ2v) is 5.74. The summed E-state index contributed by atoms with van der Waals surface area (Å²) in [6.07, 6.45) is 2.44. The standard InChI is InChI=1S/C16H19N3O3/c1-18-13-8-12(5-4-11(13)9-14(18)20)16(22)17-10-15(21)19-6-2-3-7-19/h4-5,8H,2-3,6-7,9-10H2,1H3,(H,17,22). The molecule has 2 heterocycles. The number of rotatable bonds is 3. The Hall–Kier alpha value is -2.37. The van der Waals surface area contributed by atoms with E-state index in [1.165, 1.54) is 0 Å². The minimum absolute atomic E-state index is 0.0185. The van der Waals surface area contributed by atoms with Gasteiger partial charge in [0.05, 0.1) is 13.0 Å². The normalized spacial score (nSPS) is 16.9. The number of amides is 3. The van der Waals surface area contributed by atoms with E-state index < -0.39 is 0 Å². The van der Waals surface area contributed by atoms with E-state index in [9.17, 15) is 14.4 Å². The number of benzene rings is 1. The topological polar surface area (TPSA) is 69.7 Å². The highest BCUT2D eigenvalue weighted by Crippen LogP contribution is 2.28. The predicted octanol–water partition coefficient (Wildman–Crippen LogP) is 0.558. The minimum Gasteiger partial charge on any atom is -0.343 e. The van der Waals surface area contributed by atoms with Crippen molar-refractivity contribution in [3.8, 4) is 0 Å². The third-order valence-corrected chi connectivity index (χ3v) is 4.28. The molecule has 3 amide bonds. The first kappa shape index (κ1) is 14.6. The Labute approximate surface area is 129 Å². The summed E-state index contributed by atoms with van der Waals surface area (Å²) in [6, 6.07) is 5.20. The van der Waals surface area contributed by atoms with E-state index in [0.29, 0.717) is 12.0 Å². The second-order valence-electron chi connectivity index (χ2n) is 5.74. The number of likely N-dealkylation sites (N-methyl/N-ethyl adjacent to an activating group) is 1. The fourth-order valence-corrected chi connectivity index (χ4v) is 2.92. The van der Waals surface area contributed by atoms with Crippen LogP contribution in [-0.4, -0.2) is 49.3 Å². The van der Waals surface area contributed by atoms with Crippen LogP contribution in [0.15, 0.2) is 18.2 Å². The molecule has 1 fully saturated rings. The highest BCUT2D eigenvalue weighted by atomic mass is 16.2. The van der Waals surface area contributed by atoms with Crippen molar-refractivity contribution >= 4 is 23.4 Å². The largest absolute Gasteiger partial charge is 0.343 e. The van der Waals surface area contributed by atoms with Crippen molar-refractivity contribution in [1.29, 1.82) is 0 Å². The molecule has 1 aromatic carbocycles. The highest BCUT2D eigenvalue weighted by molar-refractivity contribution is 6.04. The lowest BCUT2D eigenvalue weighted by molar-refractivity contribution is -0.129. The Morgan fingerprint density at radius 2 is 1.95 bits per heavy atom. The first-order chi connectivity index (χ1) is 10.6. The molecule has 0 spiro atoms. The molecule has 3 rings (SSSR count). The van der Waals surface area contributed by atoms with E-state index >= 15 is 0 Å². The zero-order valence-corrected chi connectivity index (χ0v) is 12.6. The van der Waals surface area contributed by atoms with Crippen LogP contribution in [0.5, 0.6) is 0 Å². The summed E-state index contributed by atoms with van der Waals surface area (Å²) in [6.45, 7) is 1.57. The van der Waals surface area contributed by atoms with E-state index in [2.05, 4.69) is 5.32 Å². The summed E-state index contributed by atoms with van der Waals surface area (Å²) in [4.78, 5) is 39.1. The van der Waals surface area contributed by atoms with Gasteiger partial charge in [-0.25, -0.2) is 0 Å². The van der Waals surface area contributed by atoms with E-state index in [4.69, 9.17) is 0 Å². The van der Waals surface area contributed by atoms with Gasteiger partial charge in [-0.1, -0.05) is 6.07 Å². The number of nitrogens with zero attached hydrogens (tertiary/aromatic N) is 2. The lowest BCUT2D eigenvalue weighted by Crippen LogP contribution is -2.38. The maximum atomic E-state index is 12.2. The molecule has 0 unspecified atom stereocenters. The Bertz CT molecular complexity index is 636. The first-order valence-corrected chi connectivity index (χ1v) is 7.52. The second kappa shape index (κ2) is 5.79. The Morgan fingerprint density at radius 1 is 1.23 bits per heavy atom. The van der Waals surface area contributed by atoms with Crippen molar-refractivity contribution in [2.75, 3.05) is 31.6 Å². The van der Waals surface area contributed by atoms with E-state index in [1.54, 1.807) is 35.0 Å². The molecule has 0 aromatic heterocycles. The molecule has 0 bridgehead atoms. The van der Waals surface area contributed by atoms with Crippen LogP contribution >= 0.6 is 0 Å². The summed E-state index contributed by atoms with van der Waals surface area (Å²) in [5, 5.41) is 2.66. The molecule has 0 atom stereocenters. The minimum atomic E-state index is -0.289. The maximum absolute atomic E-state index is 12.2. The summed E-state index contributed by atoms with van der Waals surface area (Å²) < 4.78 is 0. The van der Waals surface area contributed by atoms with Crippen LogP contribution in [-0.2, 0) is 16.0 Å². The molecule has 1 saturated heterocycles. The molecule has 0 saturated carbocycles. The van der Waals surface area contributed by atoms with E-state index in [1.807, 2.05) is 0 Å². The van der Waals surface area contributed by atoms with Crippen molar-refractivity contribution in [2.24, 2.45) is 0 Å². The number of hydrogen-bond donors (Lipinski definition) is 1. The Balaban J connectivity index is 1.63. The van der Waals surface area contributed by atoms with Crippen LogP contribution in [0.1, 0.15) is 28.8 Å². The molecule has 1 N–H and O–H groups in total. The van der Waals surface area contributed by atoms with Crippen LogP contribution < -0.4 is 10.2 Å². The molecule has 22 heavy (non-hydrogen) atoms. The van der Waals surface area contributed by atoms with Gasteiger partial charge < -0.3 is 15.1 Å². The van der Waals surface area contributed by atoms with Crippen molar-refractivity contribution in [3.05, 3.63) is 29.3 Å². The molecular weight excluding hydrogens is 282 g/mol. The van der Waals surface area contributed by atoms with Gasteiger partial charge in [-0.3, -0.25) is 14.4 Å². The SMILES string of the molecule is CN1C(=O)Cc2ccc(C(=O)NCC(=O)N3CCCC3)cc21. The molecule has 0 aliphatic carbocycles. The van der Waals surface area contributed by atoms with Crippen LogP contribution in [0.4, 0.5) is 5.69 Å². The molecule has 2 aliphatic rings. The summed E-state index contributed by atoms with van der Waals surface area (Å²) in [7, 11) is 1.70. The lowest BCUT2D eigenvalue weighted by atomic mass is 10.1. The van der Waals surface area contributed by atoms with Gasteiger partial charge in [-0.15, -0.1) is 0 Å². The summed E-state index contributed by atoms with van der Waals surface area (Å²) >= 11 is 0. The number of carbonyl (C=O) groups excluding carboxylic acids is 3. The number of fused-ring (bicyclic) bond motifs is 1. The number of carbonyl (C=O) groups is 3. The molecule has 116 valence electrons.